The Morgan fingerprint density at radius 2 is 1.05 bits per heavy atom. The molecule has 3 heterocycles. The predicted octanol–water partition coefficient (Wildman–Crippen LogP) is 1.17. The fraction of sp³-hybridized carbons (Fsp3) is 0. The van der Waals surface area contributed by atoms with Gasteiger partial charge in [0.05, 0.1) is 18.6 Å². The van der Waals surface area contributed by atoms with E-state index in [4.69, 9.17) is 27.2 Å². The molecule has 0 aliphatic heterocycles. The molecule has 0 aliphatic rings. The minimum Gasteiger partial charge on any atom is -0.446 e. The van der Waals surface area contributed by atoms with Crippen molar-refractivity contribution in [2.75, 3.05) is 0 Å². The van der Waals surface area contributed by atoms with E-state index in [2.05, 4.69) is 15.0 Å². The molecule has 0 amide bonds. The van der Waals surface area contributed by atoms with Crippen molar-refractivity contribution in [2.45, 2.75) is 0 Å². The molecule has 3 aromatic heterocycles. The summed E-state index contributed by atoms with van der Waals surface area (Å²) in [5, 5.41) is 0. The van der Waals surface area contributed by atoms with Crippen molar-refractivity contribution in [1.29, 1.82) is 0 Å². The first-order valence-electron chi connectivity index (χ1n) is 5.08. The number of hydrogen-bond acceptors (Lipinski definition) is 9. The molecule has 0 radical (unpaired) electrons. The smallest absolute Gasteiger partial charge is 0.446 e. The first-order valence-corrected chi connectivity index (χ1v) is 5.08. The van der Waals surface area contributed by atoms with Crippen molar-refractivity contribution in [2.24, 2.45) is 0 Å². The zero-order valence-corrected chi connectivity index (χ0v) is 9.33. The Bertz CT molecular complexity index is 495. The molecule has 0 atom stereocenters. The van der Waals surface area contributed by atoms with Crippen LogP contribution in [0.4, 0.5) is 0 Å². The van der Waals surface area contributed by atoms with Crippen LogP contribution in [-0.2, 0) is 0 Å². The first-order chi connectivity index (χ1) is 9.40. The van der Waals surface area contributed by atoms with Crippen molar-refractivity contribution in [1.82, 2.24) is 15.0 Å². The van der Waals surface area contributed by atoms with Gasteiger partial charge >= 0.3 is 25.6 Å². The van der Waals surface area contributed by atoms with Gasteiger partial charge in [-0.25, -0.2) is 0 Å². The summed E-state index contributed by atoms with van der Waals surface area (Å²) in [6.45, 7) is 0. The van der Waals surface area contributed by atoms with E-state index in [1.807, 2.05) is 0 Å². The molecule has 96 valence electrons. The second kappa shape index (κ2) is 5.17. The van der Waals surface area contributed by atoms with Crippen molar-refractivity contribution < 1.29 is 27.2 Å². The Balaban J connectivity index is 1.70. The fourth-order valence-electron chi connectivity index (χ4n) is 1.12. The van der Waals surface area contributed by atoms with Gasteiger partial charge in [0.2, 0.25) is 0 Å². The third-order valence-corrected chi connectivity index (χ3v) is 1.82. The van der Waals surface area contributed by atoms with E-state index >= 15 is 0 Å². The molecular weight excluding hydrogens is 257 g/mol. The van der Waals surface area contributed by atoms with Crippen LogP contribution in [0.3, 0.4) is 0 Å². The van der Waals surface area contributed by atoms with Crippen molar-refractivity contribution in [3.63, 3.8) is 0 Å². The average molecular weight is 263 g/mol. The van der Waals surface area contributed by atoms with Crippen LogP contribution >= 0.6 is 0 Å². The molecule has 0 aliphatic carbocycles. The number of aromatic nitrogens is 3. The summed E-state index contributed by atoms with van der Waals surface area (Å²) in [4.78, 5) is 11.3. The standard InChI is InChI=1S/C9H6BN3O6/c1-4-14-7(11-1)17-10(18-8-12-2-5-15-8)19-9-13-3-6-16-9/h1-6H. The normalized spacial score (nSPS) is 10.1. The summed E-state index contributed by atoms with van der Waals surface area (Å²) < 4.78 is 30.3. The van der Waals surface area contributed by atoms with Gasteiger partial charge in [-0.3, -0.25) is 0 Å². The molecule has 0 N–H and O–H groups in total. The third-order valence-electron chi connectivity index (χ3n) is 1.82. The predicted molar refractivity (Wildman–Crippen MR) is 57.1 cm³/mol. The highest BCUT2D eigenvalue weighted by Crippen LogP contribution is 2.14. The topological polar surface area (TPSA) is 106 Å². The monoisotopic (exact) mass is 263 g/mol. The molecule has 0 saturated carbocycles. The summed E-state index contributed by atoms with van der Waals surface area (Å²) >= 11 is 0. The van der Waals surface area contributed by atoms with Crippen molar-refractivity contribution in [3.05, 3.63) is 37.4 Å². The van der Waals surface area contributed by atoms with E-state index in [0.29, 0.717) is 0 Å². The summed E-state index contributed by atoms with van der Waals surface area (Å²) in [6, 6.07) is 0. The van der Waals surface area contributed by atoms with Gasteiger partial charge in [-0.15, -0.1) is 0 Å². The second-order valence-corrected chi connectivity index (χ2v) is 3.04. The third kappa shape index (κ3) is 2.86. The van der Waals surface area contributed by atoms with Crippen LogP contribution in [0.15, 0.2) is 50.6 Å². The Kier molecular flexibility index (Phi) is 3.05. The lowest BCUT2D eigenvalue weighted by molar-refractivity contribution is 0.209. The van der Waals surface area contributed by atoms with E-state index in [-0.39, 0.29) is 18.2 Å². The molecule has 0 aromatic carbocycles. The molecule has 0 unspecified atom stereocenters. The van der Waals surface area contributed by atoms with Crippen LogP contribution in [0.2, 0.25) is 0 Å². The van der Waals surface area contributed by atoms with Gasteiger partial charge < -0.3 is 27.2 Å². The number of hydrogen-bond donors (Lipinski definition) is 0. The number of nitrogens with zero attached hydrogens (tertiary/aromatic N) is 3. The maximum atomic E-state index is 5.18. The number of rotatable bonds is 6. The van der Waals surface area contributed by atoms with E-state index < -0.39 is 7.32 Å². The molecule has 0 saturated heterocycles. The summed E-state index contributed by atoms with van der Waals surface area (Å²) in [6.07, 6.45) is 8.07. The van der Waals surface area contributed by atoms with Gasteiger partial charge in [-0.1, -0.05) is 0 Å². The maximum absolute atomic E-state index is 5.18. The van der Waals surface area contributed by atoms with Crippen molar-refractivity contribution in [3.8, 4) is 18.2 Å². The van der Waals surface area contributed by atoms with Crippen LogP contribution in [0.1, 0.15) is 0 Å². The Morgan fingerprint density at radius 1 is 0.684 bits per heavy atom. The quantitative estimate of drug-likeness (QED) is 0.605. The molecule has 0 fully saturated rings. The minimum atomic E-state index is -1.28. The van der Waals surface area contributed by atoms with E-state index in [1.54, 1.807) is 0 Å². The lowest BCUT2D eigenvalue weighted by atomic mass is 10.2. The molecule has 0 spiro atoms. The molecule has 9 nitrogen and oxygen atoms in total. The summed E-state index contributed by atoms with van der Waals surface area (Å²) in [5.74, 6) is 0. The molecule has 10 heteroatoms. The highest BCUT2D eigenvalue weighted by Gasteiger charge is 2.35. The van der Waals surface area contributed by atoms with E-state index in [9.17, 15) is 0 Å². The highest BCUT2D eigenvalue weighted by atomic mass is 16.8. The van der Waals surface area contributed by atoms with Gasteiger partial charge in [0.15, 0.2) is 0 Å². The van der Waals surface area contributed by atoms with Gasteiger partial charge in [0.25, 0.3) is 0 Å². The zero-order valence-electron chi connectivity index (χ0n) is 9.33. The van der Waals surface area contributed by atoms with Crippen molar-refractivity contribution >= 4 is 7.32 Å². The highest BCUT2D eigenvalue weighted by molar-refractivity contribution is 6.39. The van der Waals surface area contributed by atoms with Crippen LogP contribution in [0.5, 0.6) is 18.2 Å². The first kappa shape index (κ1) is 11.2. The van der Waals surface area contributed by atoms with Crippen LogP contribution in [0.25, 0.3) is 0 Å². The van der Waals surface area contributed by atoms with Gasteiger partial charge in [-0.05, 0) is 0 Å². The number of oxazole rings is 3. The van der Waals surface area contributed by atoms with E-state index in [1.165, 1.54) is 37.4 Å². The van der Waals surface area contributed by atoms with Gasteiger partial charge in [0.1, 0.15) is 18.8 Å². The van der Waals surface area contributed by atoms with Crippen LogP contribution in [0, 0.1) is 0 Å². The van der Waals surface area contributed by atoms with Crippen LogP contribution < -0.4 is 14.0 Å². The molecule has 19 heavy (non-hydrogen) atoms. The summed E-state index contributed by atoms with van der Waals surface area (Å²) in [5.41, 5.74) is 0. The van der Waals surface area contributed by atoms with E-state index in [0.717, 1.165) is 0 Å². The minimum absolute atomic E-state index is 0.0527. The molecule has 3 rings (SSSR count). The molecule has 0 bridgehead atoms. The Hall–Kier alpha value is -2.91. The Labute approximate surface area is 106 Å². The largest absolute Gasteiger partial charge is 0.873 e. The average Bonchev–Trinajstić information content (AvgIpc) is 3.10. The molecule has 3 aromatic rings. The zero-order chi connectivity index (χ0) is 12.9. The van der Waals surface area contributed by atoms with Crippen LogP contribution in [-0.4, -0.2) is 22.3 Å². The Morgan fingerprint density at radius 3 is 1.32 bits per heavy atom. The fourth-order valence-corrected chi connectivity index (χ4v) is 1.12. The molecular formula is C9H6BN3O6. The van der Waals surface area contributed by atoms with Gasteiger partial charge in [-0.2, -0.15) is 15.0 Å². The summed E-state index contributed by atoms with van der Waals surface area (Å²) in [7, 11) is -1.28. The lowest BCUT2D eigenvalue weighted by Crippen LogP contribution is -2.37. The lowest BCUT2D eigenvalue weighted by Gasteiger charge is -2.08. The second-order valence-electron chi connectivity index (χ2n) is 3.04. The SMILES string of the molecule is c1coc(OB(Oc2ncco2)Oc2ncco2)n1. The van der Waals surface area contributed by atoms with Gasteiger partial charge in [0, 0.05) is 0 Å². The maximum Gasteiger partial charge on any atom is 0.873 e.